The van der Waals surface area contributed by atoms with Gasteiger partial charge in [-0.3, -0.25) is 0 Å². The molecule has 2 nitrogen and oxygen atoms in total. The molecule has 82 valence electrons. The third-order valence-electron chi connectivity index (χ3n) is 2.79. The molecule has 1 aliphatic rings. The fourth-order valence-electron chi connectivity index (χ4n) is 1.89. The fraction of sp³-hybridized carbons (Fsp3) is 0.455. The number of halogens is 2. The van der Waals surface area contributed by atoms with Crippen molar-refractivity contribution in [3.8, 4) is 5.75 Å². The van der Waals surface area contributed by atoms with Gasteiger partial charge in [0.15, 0.2) is 0 Å². The lowest BCUT2D eigenvalue weighted by Gasteiger charge is -2.32. The molecule has 1 heterocycles. The van der Waals surface area contributed by atoms with Crippen LogP contribution in [0.3, 0.4) is 0 Å². The number of alkyl halides is 2. The van der Waals surface area contributed by atoms with E-state index in [0.29, 0.717) is 12.1 Å². The summed E-state index contributed by atoms with van der Waals surface area (Å²) in [5.41, 5.74) is 0.574. The first-order valence-electron chi connectivity index (χ1n) is 4.97. The van der Waals surface area contributed by atoms with Gasteiger partial charge < -0.3 is 10.4 Å². The van der Waals surface area contributed by atoms with Gasteiger partial charge in [0, 0.05) is 19.5 Å². The standard InChI is InChI=1S/C11H13F2NO/c12-11(13)5-6-14-7-10(11)8-1-3-9(15)4-2-8/h1-4,10,14-15H,5-7H2. The maximum absolute atomic E-state index is 13.6. The van der Waals surface area contributed by atoms with Crippen LogP contribution in [-0.4, -0.2) is 24.1 Å². The molecule has 1 aromatic carbocycles. The summed E-state index contributed by atoms with van der Waals surface area (Å²) in [6, 6.07) is 6.00. The van der Waals surface area contributed by atoms with E-state index in [0.717, 1.165) is 0 Å². The van der Waals surface area contributed by atoms with Gasteiger partial charge in [0.05, 0.1) is 5.92 Å². The highest BCUT2D eigenvalue weighted by Crippen LogP contribution is 2.38. The van der Waals surface area contributed by atoms with Gasteiger partial charge in [-0.05, 0) is 17.7 Å². The van der Waals surface area contributed by atoms with Crippen molar-refractivity contribution in [3.63, 3.8) is 0 Å². The first kappa shape index (κ1) is 10.4. The van der Waals surface area contributed by atoms with Crippen molar-refractivity contribution >= 4 is 0 Å². The monoisotopic (exact) mass is 213 g/mol. The molecule has 0 aliphatic carbocycles. The summed E-state index contributed by atoms with van der Waals surface area (Å²) in [4.78, 5) is 0. The molecule has 1 unspecified atom stereocenters. The van der Waals surface area contributed by atoms with Crippen LogP contribution in [0.25, 0.3) is 0 Å². The van der Waals surface area contributed by atoms with Gasteiger partial charge >= 0.3 is 0 Å². The van der Waals surface area contributed by atoms with Crippen LogP contribution in [0.4, 0.5) is 8.78 Å². The number of piperidine rings is 1. The van der Waals surface area contributed by atoms with Gasteiger partial charge in [-0.2, -0.15) is 0 Å². The summed E-state index contributed by atoms with van der Waals surface area (Å²) in [7, 11) is 0. The van der Waals surface area contributed by atoms with Crippen LogP contribution < -0.4 is 5.32 Å². The Balaban J connectivity index is 2.25. The number of phenolic OH excluding ortho intramolecular Hbond substituents is 1. The lowest BCUT2D eigenvalue weighted by molar-refractivity contribution is -0.0479. The van der Waals surface area contributed by atoms with Crippen molar-refractivity contribution in [3.05, 3.63) is 29.8 Å². The minimum Gasteiger partial charge on any atom is -0.508 e. The predicted molar refractivity (Wildman–Crippen MR) is 53.3 cm³/mol. The average Bonchev–Trinajstić information content (AvgIpc) is 2.19. The van der Waals surface area contributed by atoms with Gasteiger partial charge in [-0.25, -0.2) is 8.78 Å². The normalized spacial score (nSPS) is 25.1. The Morgan fingerprint density at radius 3 is 2.53 bits per heavy atom. The number of phenols is 1. The van der Waals surface area contributed by atoms with E-state index >= 15 is 0 Å². The second-order valence-corrected chi connectivity index (χ2v) is 3.86. The summed E-state index contributed by atoms with van der Waals surface area (Å²) in [5, 5.41) is 12.0. The second-order valence-electron chi connectivity index (χ2n) is 3.86. The lowest BCUT2D eigenvalue weighted by Crippen LogP contribution is -2.42. The maximum Gasteiger partial charge on any atom is 0.257 e. The average molecular weight is 213 g/mol. The molecule has 0 aromatic heterocycles. The largest absolute Gasteiger partial charge is 0.508 e. The molecule has 2 rings (SSSR count). The molecule has 0 spiro atoms. The van der Waals surface area contributed by atoms with Gasteiger partial charge in [-0.15, -0.1) is 0 Å². The van der Waals surface area contributed by atoms with Gasteiger partial charge in [0.1, 0.15) is 5.75 Å². The molecule has 1 saturated heterocycles. The van der Waals surface area contributed by atoms with E-state index in [1.54, 1.807) is 12.1 Å². The highest BCUT2D eigenvalue weighted by Gasteiger charge is 2.42. The van der Waals surface area contributed by atoms with Crippen LogP contribution in [0, 0.1) is 0 Å². The molecular weight excluding hydrogens is 200 g/mol. The molecule has 15 heavy (non-hydrogen) atoms. The Bertz CT molecular complexity index is 337. The number of aromatic hydroxyl groups is 1. The first-order chi connectivity index (χ1) is 7.09. The summed E-state index contributed by atoms with van der Waals surface area (Å²) in [6.45, 7) is 0.652. The molecule has 1 aromatic rings. The second kappa shape index (κ2) is 3.77. The molecule has 0 saturated carbocycles. The smallest absolute Gasteiger partial charge is 0.257 e. The van der Waals surface area contributed by atoms with Crippen molar-refractivity contribution in [2.24, 2.45) is 0 Å². The van der Waals surface area contributed by atoms with Crippen LogP contribution in [0.15, 0.2) is 24.3 Å². The zero-order valence-corrected chi connectivity index (χ0v) is 8.21. The molecule has 0 amide bonds. The first-order valence-corrected chi connectivity index (χ1v) is 4.97. The van der Waals surface area contributed by atoms with E-state index in [1.807, 2.05) is 0 Å². The van der Waals surface area contributed by atoms with E-state index in [9.17, 15) is 8.78 Å². The molecule has 0 bridgehead atoms. The van der Waals surface area contributed by atoms with Gasteiger partial charge in [0.2, 0.25) is 0 Å². The summed E-state index contributed by atoms with van der Waals surface area (Å²) < 4.78 is 27.1. The predicted octanol–water partition coefficient (Wildman–Crippen LogP) is 2.10. The van der Waals surface area contributed by atoms with Crippen molar-refractivity contribution in [1.29, 1.82) is 0 Å². The van der Waals surface area contributed by atoms with E-state index in [-0.39, 0.29) is 18.7 Å². The Morgan fingerprint density at radius 1 is 1.27 bits per heavy atom. The number of nitrogens with one attached hydrogen (secondary N) is 1. The molecule has 1 aliphatic heterocycles. The summed E-state index contributed by atoms with van der Waals surface area (Å²) in [6.07, 6.45) is -0.126. The fourth-order valence-corrected chi connectivity index (χ4v) is 1.89. The van der Waals surface area contributed by atoms with Gasteiger partial charge in [-0.1, -0.05) is 12.1 Å². The maximum atomic E-state index is 13.6. The minimum absolute atomic E-state index is 0.103. The van der Waals surface area contributed by atoms with Crippen LogP contribution >= 0.6 is 0 Å². The summed E-state index contributed by atoms with van der Waals surface area (Å²) in [5.74, 6) is -3.33. The summed E-state index contributed by atoms with van der Waals surface area (Å²) >= 11 is 0. The third-order valence-corrected chi connectivity index (χ3v) is 2.79. The zero-order valence-electron chi connectivity index (χ0n) is 8.21. The van der Waals surface area contributed by atoms with Crippen LogP contribution in [0.1, 0.15) is 17.9 Å². The molecular formula is C11H13F2NO. The van der Waals surface area contributed by atoms with Crippen LogP contribution in [-0.2, 0) is 0 Å². The SMILES string of the molecule is Oc1ccc(C2CNCCC2(F)F)cc1. The molecule has 1 atom stereocenters. The zero-order chi connectivity index (χ0) is 10.9. The number of hydrogen-bond donors (Lipinski definition) is 2. The number of rotatable bonds is 1. The number of hydrogen-bond acceptors (Lipinski definition) is 2. The van der Waals surface area contributed by atoms with Gasteiger partial charge in [0.25, 0.3) is 5.92 Å². The lowest BCUT2D eigenvalue weighted by atomic mass is 9.88. The quantitative estimate of drug-likeness (QED) is 0.748. The van der Waals surface area contributed by atoms with E-state index in [1.165, 1.54) is 12.1 Å². The third kappa shape index (κ3) is 2.09. The minimum atomic E-state index is -2.65. The molecule has 2 N–H and O–H groups in total. The van der Waals surface area contributed by atoms with Crippen LogP contribution in [0.2, 0.25) is 0 Å². The molecule has 4 heteroatoms. The van der Waals surface area contributed by atoms with Crippen molar-refractivity contribution in [2.45, 2.75) is 18.3 Å². The highest BCUT2D eigenvalue weighted by molar-refractivity contribution is 5.30. The van der Waals surface area contributed by atoms with Crippen molar-refractivity contribution < 1.29 is 13.9 Å². The highest BCUT2D eigenvalue weighted by atomic mass is 19.3. The van der Waals surface area contributed by atoms with E-state index < -0.39 is 11.8 Å². The van der Waals surface area contributed by atoms with E-state index in [4.69, 9.17) is 5.11 Å². The van der Waals surface area contributed by atoms with Crippen LogP contribution in [0.5, 0.6) is 5.75 Å². The Labute approximate surface area is 86.9 Å². The number of benzene rings is 1. The Morgan fingerprint density at radius 2 is 1.93 bits per heavy atom. The van der Waals surface area contributed by atoms with Crippen molar-refractivity contribution in [2.75, 3.05) is 13.1 Å². The molecule has 0 radical (unpaired) electrons. The van der Waals surface area contributed by atoms with E-state index in [2.05, 4.69) is 5.32 Å². The Kier molecular flexibility index (Phi) is 2.61. The topological polar surface area (TPSA) is 32.3 Å². The Hall–Kier alpha value is -1.16. The van der Waals surface area contributed by atoms with Crippen molar-refractivity contribution in [1.82, 2.24) is 5.32 Å². The molecule has 1 fully saturated rings.